The Morgan fingerprint density at radius 2 is 2.00 bits per heavy atom. The average molecular weight is 434 g/mol. The van der Waals surface area contributed by atoms with E-state index in [0.717, 1.165) is 24.6 Å². The number of anilines is 2. The fourth-order valence-electron chi connectivity index (χ4n) is 2.99. The first-order chi connectivity index (χ1) is 14.2. The fraction of sp³-hybridized carbons (Fsp3) is 0.222. The van der Waals surface area contributed by atoms with E-state index in [2.05, 4.69) is 5.32 Å². The van der Waals surface area contributed by atoms with Crippen LogP contribution in [0.5, 0.6) is 5.75 Å². The van der Waals surface area contributed by atoms with Gasteiger partial charge in [0.1, 0.15) is 0 Å². The quantitative estimate of drug-likeness (QED) is 0.491. The van der Waals surface area contributed by atoms with Crippen LogP contribution >= 0.6 is 0 Å². The van der Waals surface area contributed by atoms with Gasteiger partial charge in [0.2, 0.25) is 15.9 Å². The molecule has 0 spiro atoms. The number of nitrogens with two attached hydrogens (primary N) is 1. The Kier molecular flexibility index (Phi) is 5.99. The lowest BCUT2D eigenvalue weighted by Crippen LogP contribution is -2.27. The summed E-state index contributed by atoms with van der Waals surface area (Å²) in [6.45, 7) is -0.0251. The molecule has 0 atom stereocenters. The summed E-state index contributed by atoms with van der Waals surface area (Å²) < 4.78 is 28.0. The summed E-state index contributed by atoms with van der Waals surface area (Å²) in [5, 5.41) is 18.8. The molecule has 3 rings (SSSR count). The highest BCUT2D eigenvalue weighted by molar-refractivity contribution is 7.89. The van der Waals surface area contributed by atoms with E-state index in [1.54, 1.807) is 29.2 Å². The SMILES string of the molecule is NS(=O)(=O)c1ccc(OCC(=O)Nc2ccccc2N2CCCC2=O)c([N+](=O)[O-])c1. The van der Waals surface area contributed by atoms with E-state index in [0.29, 0.717) is 24.3 Å². The second-order valence-electron chi connectivity index (χ2n) is 6.43. The number of nitro benzene ring substituents is 1. The lowest BCUT2D eigenvalue weighted by molar-refractivity contribution is -0.386. The van der Waals surface area contributed by atoms with Crippen LogP contribution in [0, 0.1) is 10.1 Å². The molecule has 2 amide bonds. The summed E-state index contributed by atoms with van der Waals surface area (Å²) >= 11 is 0. The van der Waals surface area contributed by atoms with Gasteiger partial charge in [-0.1, -0.05) is 12.1 Å². The maximum Gasteiger partial charge on any atom is 0.312 e. The molecule has 30 heavy (non-hydrogen) atoms. The fourth-order valence-corrected chi connectivity index (χ4v) is 3.52. The predicted molar refractivity (Wildman–Crippen MR) is 107 cm³/mol. The van der Waals surface area contributed by atoms with Gasteiger partial charge in [-0.15, -0.1) is 0 Å². The van der Waals surface area contributed by atoms with Gasteiger partial charge in [-0.25, -0.2) is 13.6 Å². The second kappa shape index (κ2) is 8.47. The van der Waals surface area contributed by atoms with E-state index in [-0.39, 0.29) is 11.7 Å². The van der Waals surface area contributed by atoms with Gasteiger partial charge in [0.05, 0.1) is 21.2 Å². The van der Waals surface area contributed by atoms with Gasteiger partial charge in [-0.05, 0) is 30.7 Å². The minimum absolute atomic E-state index is 0.0430. The molecular weight excluding hydrogens is 416 g/mol. The first-order valence-corrected chi connectivity index (χ1v) is 10.3. The lowest BCUT2D eigenvalue weighted by Gasteiger charge is -2.20. The number of carbonyl (C=O) groups is 2. The van der Waals surface area contributed by atoms with Crippen LogP contribution in [0.3, 0.4) is 0 Å². The molecule has 0 bridgehead atoms. The molecular formula is C18H18N4O7S. The van der Waals surface area contributed by atoms with Crippen LogP contribution in [0.4, 0.5) is 17.1 Å². The van der Waals surface area contributed by atoms with Gasteiger partial charge in [0, 0.05) is 19.0 Å². The van der Waals surface area contributed by atoms with E-state index >= 15 is 0 Å². The van der Waals surface area contributed by atoms with Crippen LogP contribution in [0.25, 0.3) is 0 Å². The minimum Gasteiger partial charge on any atom is -0.477 e. The van der Waals surface area contributed by atoms with Crippen LogP contribution in [-0.4, -0.2) is 38.3 Å². The molecule has 1 aliphatic rings. The summed E-state index contributed by atoms with van der Waals surface area (Å²) in [6.07, 6.45) is 1.16. The van der Waals surface area contributed by atoms with Crippen molar-refractivity contribution in [2.24, 2.45) is 5.14 Å². The van der Waals surface area contributed by atoms with Crippen molar-refractivity contribution in [3.63, 3.8) is 0 Å². The molecule has 0 radical (unpaired) electrons. The van der Waals surface area contributed by atoms with Crippen molar-refractivity contribution in [1.29, 1.82) is 0 Å². The molecule has 0 unspecified atom stereocenters. The third-order valence-electron chi connectivity index (χ3n) is 4.36. The maximum atomic E-state index is 12.3. The summed E-state index contributed by atoms with van der Waals surface area (Å²) in [4.78, 5) is 35.8. The third-order valence-corrected chi connectivity index (χ3v) is 5.27. The van der Waals surface area contributed by atoms with Crippen LogP contribution in [-0.2, 0) is 19.6 Å². The lowest BCUT2D eigenvalue weighted by atomic mass is 10.2. The number of amides is 2. The topological polar surface area (TPSA) is 162 Å². The van der Waals surface area contributed by atoms with E-state index < -0.39 is 38.0 Å². The predicted octanol–water partition coefficient (Wildman–Crippen LogP) is 1.39. The first kappa shape index (κ1) is 21.2. The molecule has 0 aliphatic carbocycles. The molecule has 1 saturated heterocycles. The number of benzene rings is 2. The van der Waals surface area contributed by atoms with Crippen molar-refractivity contribution in [2.75, 3.05) is 23.4 Å². The molecule has 2 aromatic carbocycles. The number of hydrogen-bond donors (Lipinski definition) is 2. The zero-order chi connectivity index (χ0) is 21.9. The van der Waals surface area contributed by atoms with Crippen molar-refractivity contribution in [1.82, 2.24) is 0 Å². The summed E-state index contributed by atoms with van der Waals surface area (Å²) in [5.41, 5.74) is 0.314. The standard InChI is InChI=1S/C18H18N4O7S/c19-30(27,28)12-7-8-16(15(10-12)22(25)26)29-11-17(23)20-13-4-1-2-5-14(13)21-9-3-6-18(21)24/h1-2,4-5,7-8,10H,3,6,9,11H2,(H,20,23)(H2,19,27,28). The Hall–Kier alpha value is -3.51. The number of hydrogen-bond acceptors (Lipinski definition) is 7. The number of para-hydroxylation sites is 2. The van der Waals surface area contributed by atoms with Gasteiger partial charge >= 0.3 is 5.69 Å². The number of nitro groups is 1. The number of primary sulfonamides is 1. The smallest absolute Gasteiger partial charge is 0.312 e. The van der Waals surface area contributed by atoms with E-state index in [1.807, 2.05) is 0 Å². The van der Waals surface area contributed by atoms with Crippen molar-refractivity contribution in [2.45, 2.75) is 17.7 Å². The van der Waals surface area contributed by atoms with Gasteiger partial charge in [0.15, 0.2) is 12.4 Å². The zero-order valence-corrected chi connectivity index (χ0v) is 16.4. The summed E-state index contributed by atoms with van der Waals surface area (Å²) in [7, 11) is -4.14. The van der Waals surface area contributed by atoms with Gasteiger partial charge < -0.3 is 15.0 Å². The summed E-state index contributed by atoms with van der Waals surface area (Å²) in [5.74, 6) is -0.942. The normalized spacial score (nSPS) is 13.9. The van der Waals surface area contributed by atoms with Crippen molar-refractivity contribution < 1.29 is 27.7 Å². The number of sulfonamides is 1. The van der Waals surface area contributed by atoms with Crippen LogP contribution in [0.1, 0.15) is 12.8 Å². The van der Waals surface area contributed by atoms with Crippen LogP contribution in [0.2, 0.25) is 0 Å². The Bertz CT molecular complexity index is 1120. The monoisotopic (exact) mass is 434 g/mol. The molecule has 0 aromatic heterocycles. The molecule has 11 nitrogen and oxygen atoms in total. The van der Waals surface area contributed by atoms with Crippen molar-refractivity contribution in [3.05, 3.63) is 52.6 Å². The Balaban J connectivity index is 1.73. The highest BCUT2D eigenvalue weighted by atomic mass is 32.2. The van der Waals surface area contributed by atoms with Gasteiger partial charge in [-0.3, -0.25) is 19.7 Å². The van der Waals surface area contributed by atoms with E-state index in [4.69, 9.17) is 9.88 Å². The number of carbonyl (C=O) groups excluding carboxylic acids is 2. The summed E-state index contributed by atoms with van der Waals surface area (Å²) in [6, 6.07) is 9.63. The Morgan fingerprint density at radius 1 is 1.27 bits per heavy atom. The third kappa shape index (κ3) is 4.72. The highest BCUT2D eigenvalue weighted by Gasteiger charge is 2.25. The molecule has 1 aliphatic heterocycles. The van der Waals surface area contributed by atoms with Gasteiger partial charge in [-0.2, -0.15) is 0 Å². The average Bonchev–Trinajstić information content (AvgIpc) is 3.11. The minimum atomic E-state index is -4.14. The largest absolute Gasteiger partial charge is 0.477 e. The van der Waals surface area contributed by atoms with Gasteiger partial charge in [0.25, 0.3) is 5.91 Å². The highest BCUT2D eigenvalue weighted by Crippen LogP contribution is 2.31. The molecule has 1 fully saturated rings. The first-order valence-electron chi connectivity index (χ1n) is 8.80. The molecule has 0 saturated carbocycles. The molecule has 12 heteroatoms. The Morgan fingerprint density at radius 3 is 2.63 bits per heavy atom. The number of nitrogens with zero attached hydrogens (tertiary/aromatic N) is 2. The Labute approximate surface area is 171 Å². The molecule has 3 N–H and O–H groups in total. The molecule has 1 heterocycles. The van der Waals surface area contributed by atoms with E-state index in [1.165, 1.54) is 0 Å². The van der Waals surface area contributed by atoms with E-state index in [9.17, 15) is 28.1 Å². The van der Waals surface area contributed by atoms with Crippen LogP contribution < -0.4 is 20.1 Å². The number of nitrogens with one attached hydrogen (secondary N) is 1. The van der Waals surface area contributed by atoms with Crippen molar-refractivity contribution in [3.8, 4) is 5.75 Å². The molecule has 158 valence electrons. The van der Waals surface area contributed by atoms with Crippen molar-refractivity contribution >= 4 is 38.9 Å². The van der Waals surface area contributed by atoms with Crippen LogP contribution in [0.15, 0.2) is 47.4 Å². The number of ether oxygens (including phenoxy) is 1. The number of rotatable bonds is 7. The molecule has 2 aromatic rings. The maximum absolute atomic E-state index is 12.3. The second-order valence-corrected chi connectivity index (χ2v) is 8.00. The zero-order valence-electron chi connectivity index (χ0n) is 15.6.